The van der Waals surface area contributed by atoms with Gasteiger partial charge in [0.25, 0.3) is 0 Å². The lowest BCUT2D eigenvalue weighted by molar-refractivity contribution is -0.295. The number of hydrogen-bond donors (Lipinski definition) is 6. The van der Waals surface area contributed by atoms with Crippen LogP contribution in [0.15, 0.2) is 58.7 Å². The van der Waals surface area contributed by atoms with E-state index < -0.39 is 90.2 Å². The molecule has 10 atom stereocenters. The minimum Gasteiger partial charge on any atom is -0.505 e. The Morgan fingerprint density at radius 2 is 1.70 bits per heavy atom. The van der Waals surface area contributed by atoms with E-state index in [1.807, 2.05) is 32.9 Å². The molecule has 1 aromatic carbocycles. The molecule has 0 spiro atoms. The molecule has 6 N–H and O–H groups in total. The van der Waals surface area contributed by atoms with Crippen molar-refractivity contribution in [3.8, 4) is 11.5 Å². The summed E-state index contributed by atoms with van der Waals surface area (Å²) in [6, 6.07) is 0. The summed E-state index contributed by atoms with van der Waals surface area (Å²) in [5.74, 6) is -3.46. The first-order valence-corrected chi connectivity index (χ1v) is 19.4. The van der Waals surface area contributed by atoms with Crippen LogP contribution in [0.4, 0.5) is 0 Å². The van der Waals surface area contributed by atoms with Crippen LogP contribution in [0.2, 0.25) is 10.0 Å². The lowest BCUT2D eigenvalue weighted by Gasteiger charge is -2.42. The molecular formula is C41H56Cl2O13. The molecule has 0 radical (unpaired) electrons. The molecule has 2 aliphatic rings. The van der Waals surface area contributed by atoms with Gasteiger partial charge in [0.15, 0.2) is 23.9 Å². The molecule has 3 rings (SSSR count). The van der Waals surface area contributed by atoms with Crippen LogP contribution in [0.5, 0.6) is 11.5 Å². The fourth-order valence-electron chi connectivity index (χ4n) is 6.50. The predicted octanol–water partition coefficient (Wildman–Crippen LogP) is 5.79. The number of methoxy groups -OCH3 is 1. The number of esters is 2. The topological polar surface area (TPSA) is 202 Å². The van der Waals surface area contributed by atoms with Crippen LogP contribution in [0.25, 0.3) is 0 Å². The van der Waals surface area contributed by atoms with Crippen LogP contribution in [-0.4, -0.2) is 111 Å². The van der Waals surface area contributed by atoms with Gasteiger partial charge in [0.1, 0.15) is 28.9 Å². The van der Waals surface area contributed by atoms with Gasteiger partial charge in [-0.05, 0) is 76.7 Å². The molecule has 1 fully saturated rings. The number of ether oxygens (including phenoxy) is 5. The molecular weight excluding hydrogens is 771 g/mol. The van der Waals surface area contributed by atoms with Gasteiger partial charge in [-0.25, -0.2) is 9.59 Å². The number of benzene rings is 1. The number of allylic oxidation sites excluding steroid dienone is 4. The number of aliphatic hydroxyl groups excluding tert-OH is 4. The van der Waals surface area contributed by atoms with E-state index in [0.717, 1.165) is 11.1 Å². The van der Waals surface area contributed by atoms with Crippen molar-refractivity contribution in [1.29, 1.82) is 0 Å². The third-order valence-electron chi connectivity index (χ3n) is 9.98. The van der Waals surface area contributed by atoms with Gasteiger partial charge in [-0.15, -0.1) is 0 Å². The average Bonchev–Trinajstić information content (AvgIpc) is 3.15. The minimum atomic E-state index is -1.53. The van der Waals surface area contributed by atoms with Crippen molar-refractivity contribution in [2.24, 2.45) is 5.92 Å². The summed E-state index contributed by atoms with van der Waals surface area (Å²) < 4.78 is 28.8. The highest BCUT2D eigenvalue weighted by molar-refractivity contribution is 6.39. The first-order valence-electron chi connectivity index (χ1n) is 18.6. The van der Waals surface area contributed by atoms with Gasteiger partial charge in [-0.1, -0.05) is 73.0 Å². The van der Waals surface area contributed by atoms with Crippen LogP contribution < -0.4 is 0 Å². The lowest BCUT2D eigenvalue weighted by Crippen LogP contribution is -2.59. The largest absolute Gasteiger partial charge is 0.505 e. The van der Waals surface area contributed by atoms with Crippen molar-refractivity contribution >= 4 is 35.1 Å². The summed E-state index contributed by atoms with van der Waals surface area (Å²) in [6.45, 7) is 11.7. The minimum absolute atomic E-state index is 0.0122. The van der Waals surface area contributed by atoms with Crippen LogP contribution in [0.1, 0.15) is 83.7 Å². The number of phenolic OH excluding ortho intramolecular Hbond substituents is 2. The number of hydrogen-bond acceptors (Lipinski definition) is 13. The molecule has 13 nitrogen and oxygen atoms in total. The number of aromatic hydroxyl groups is 2. The second-order valence-corrected chi connectivity index (χ2v) is 14.9. The van der Waals surface area contributed by atoms with Crippen LogP contribution >= 0.6 is 23.2 Å². The molecule has 2 aliphatic heterocycles. The van der Waals surface area contributed by atoms with Crippen molar-refractivity contribution < 1.29 is 63.9 Å². The molecule has 1 aromatic rings. The summed E-state index contributed by atoms with van der Waals surface area (Å²) >= 11 is 12.2. The lowest BCUT2D eigenvalue weighted by atomic mass is 9.90. The smallest absolute Gasteiger partial charge is 0.342 e. The standard InChI is InChI=1S/C41H56Cl2O13/c1-9-25-18-21(4)28(45)14-12-11-13-26(39(50)55-29(23(6)44)16-15-20(3)17-22(5)33(25)46)19-53-41-38(52-8)36(49)37(24(7)54-41)56-40(51)30-27(10-2)31(42)35(48)32(43)34(30)47/h11-13,15,17-18,23-25,28-29,33,36-38,41,44-49H,9-10,14,16,19H2,1-8H3/b12-11+,20-15+,21-18+,22-17+,26-13+. The monoisotopic (exact) mass is 826 g/mol. The van der Waals surface area contributed by atoms with Gasteiger partial charge in [-0.2, -0.15) is 0 Å². The summed E-state index contributed by atoms with van der Waals surface area (Å²) in [5.41, 5.74) is 1.90. The number of carbonyl (C=O) groups is 2. The fraction of sp³-hybridized carbons (Fsp3) is 0.561. The number of cyclic esters (lactones) is 1. The SMILES string of the molecule is CCc1c(Cl)c(O)c(Cl)c(O)c1C(=O)OC1C(C)OC(OC/C2=C\C=C\CC(O)/C(C)=C/C(CC)C(O)/C(C)=C/C(C)=C/CC(C(C)O)OC2=O)C(OC)C1O. The van der Waals surface area contributed by atoms with Crippen LogP contribution in [0, 0.1) is 5.92 Å². The predicted molar refractivity (Wildman–Crippen MR) is 211 cm³/mol. The Kier molecular flexibility index (Phi) is 18.1. The van der Waals surface area contributed by atoms with E-state index in [9.17, 15) is 40.2 Å². The molecule has 0 aromatic heterocycles. The fourth-order valence-corrected chi connectivity index (χ4v) is 7.06. The Morgan fingerprint density at radius 1 is 1.02 bits per heavy atom. The molecule has 0 amide bonds. The molecule has 0 saturated carbocycles. The highest BCUT2D eigenvalue weighted by Crippen LogP contribution is 2.45. The van der Waals surface area contributed by atoms with Gasteiger partial charge < -0.3 is 54.3 Å². The van der Waals surface area contributed by atoms with E-state index in [1.54, 1.807) is 32.1 Å². The second kappa shape index (κ2) is 21.5. The van der Waals surface area contributed by atoms with Crippen molar-refractivity contribution in [3.05, 3.63) is 79.9 Å². The highest BCUT2D eigenvalue weighted by atomic mass is 35.5. The Balaban J connectivity index is 1.89. The van der Waals surface area contributed by atoms with Crippen molar-refractivity contribution in [2.75, 3.05) is 13.7 Å². The number of phenols is 2. The van der Waals surface area contributed by atoms with Gasteiger partial charge >= 0.3 is 11.9 Å². The Labute approximate surface area is 338 Å². The summed E-state index contributed by atoms with van der Waals surface area (Å²) in [5, 5.41) is 63.8. The van der Waals surface area contributed by atoms with Gasteiger partial charge in [-0.3, -0.25) is 0 Å². The van der Waals surface area contributed by atoms with E-state index in [1.165, 1.54) is 27.0 Å². The third-order valence-corrected chi connectivity index (χ3v) is 10.7. The number of carbonyl (C=O) groups excluding carboxylic acids is 2. The normalized spacial score (nSPS) is 33.5. The first kappa shape index (κ1) is 47.1. The average molecular weight is 828 g/mol. The molecule has 56 heavy (non-hydrogen) atoms. The van der Waals surface area contributed by atoms with E-state index in [0.29, 0.717) is 12.0 Å². The van der Waals surface area contributed by atoms with E-state index in [-0.39, 0.29) is 46.9 Å². The van der Waals surface area contributed by atoms with E-state index in [4.69, 9.17) is 46.9 Å². The molecule has 15 heteroatoms. The quantitative estimate of drug-likeness (QED) is 0.129. The number of halogens is 2. The Morgan fingerprint density at radius 3 is 2.30 bits per heavy atom. The van der Waals surface area contributed by atoms with Crippen LogP contribution in [0.3, 0.4) is 0 Å². The summed E-state index contributed by atoms with van der Waals surface area (Å²) in [6.07, 6.45) is 1.28. The molecule has 2 heterocycles. The molecule has 10 unspecified atom stereocenters. The van der Waals surface area contributed by atoms with Gasteiger partial charge in [0, 0.05) is 19.4 Å². The van der Waals surface area contributed by atoms with Crippen molar-refractivity contribution in [2.45, 2.75) is 129 Å². The van der Waals surface area contributed by atoms with Crippen molar-refractivity contribution in [1.82, 2.24) is 0 Å². The maximum Gasteiger partial charge on any atom is 0.342 e. The summed E-state index contributed by atoms with van der Waals surface area (Å²) in [4.78, 5) is 27.0. The Bertz CT molecular complexity index is 1700. The third kappa shape index (κ3) is 11.7. The molecule has 0 bridgehead atoms. The summed E-state index contributed by atoms with van der Waals surface area (Å²) in [7, 11) is 1.28. The first-order chi connectivity index (χ1) is 26.4. The number of aliphatic hydroxyl groups is 4. The molecule has 0 aliphatic carbocycles. The second-order valence-electron chi connectivity index (χ2n) is 14.2. The Hall–Kier alpha value is -3.24. The molecule has 1 saturated heterocycles. The molecule has 312 valence electrons. The highest BCUT2D eigenvalue weighted by Gasteiger charge is 2.47. The van der Waals surface area contributed by atoms with Gasteiger partial charge in [0.2, 0.25) is 0 Å². The van der Waals surface area contributed by atoms with E-state index in [2.05, 4.69) is 0 Å². The zero-order chi connectivity index (χ0) is 42.0. The van der Waals surface area contributed by atoms with Crippen molar-refractivity contribution in [3.63, 3.8) is 0 Å². The zero-order valence-electron chi connectivity index (χ0n) is 33.1. The number of rotatable bonds is 9. The maximum absolute atomic E-state index is 13.6. The zero-order valence-corrected chi connectivity index (χ0v) is 34.6. The van der Waals surface area contributed by atoms with Crippen LogP contribution in [-0.2, 0) is 34.9 Å². The van der Waals surface area contributed by atoms with E-state index >= 15 is 0 Å². The van der Waals surface area contributed by atoms with Gasteiger partial charge in [0.05, 0.1) is 41.6 Å². The maximum atomic E-state index is 13.6.